The van der Waals surface area contributed by atoms with Crippen LogP contribution in [0.2, 0.25) is 0 Å². The van der Waals surface area contributed by atoms with Crippen LogP contribution in [0.4, 0.5) is 5.69 Å². The van der Waals surface area contributed by atoms with Gasteiger partial charge in [-0.1, -0.05) is 0 Å². The summed E-state index contributed by atoms with van der Waals surface area (Å²) in [5.74, 6) is 0.763. The Morgan fingerprint density at radius 1 is 1.10 bits per heavy atom. The fourth-order valence-corrected chi connectivity index (χ4v) is 2.25. The maximum absolute atomic E-state index is 5.28. The van der Waals surface area contributed by atoms with Crippen LogP contribution in [0.25, 0.3) is 11.3 Å². The van der Waals surface area contributed by atoms with Crippen LogP contribution in [0.3, 0.4) is 0 Å². The van der Waals surface area contributed by atoms with E-state index in [1.807, 2.05) is 31.2 Å². The fourth-order valence-electron chi connectivity index (χ4n) is 2.25. The van der Waals surface area contributed by atoms with Gasteiger partial charge in [0.15, 0.2) is 12.2 Å². The third-order valence-electron chi connectivity index (χ3n) is 3.31. The molecule has 0 radical (unpaired) electrons. The summed E-state index contributed by atoms with van der Waals surface area (Å²) in [6, 6.07) is 8.12. The van der Waals surface area contributed by atoms with Gasteiger partial charge in [0.1, 0.15) is 0 Å². The highest BCUT2D eigenvalue weighted by molar-refractivity contribution is 5.60. The average molecular weight is 280 g/mol. The molecule has 5 nitrogen and oxygen atoms in total. The number of aromatic nitrogens is 3. The van der Waals surface area contributed by atoms with Gasteiger partial charge in [-0.25, -0.2) is 4.98 Å². The first-order valence-corrected chi connectivity index (χ1v) is 6.77. The summed E-state index contributed by atoms with van der Waals surface area (Å²) in [5, 5.41) is 3.42. The summed E-state index contributed by atoms with van der Waals surface area (Å²) in [5.41, 5.74) is 3.92. The van der Waals surface area contributed by atoms with Crippen molar-refractivity contribution in [1.82, 2.24) is 15.0 Å². The second kappa shape index (κ2) is 5.75. The van der Waals surface area contributed by atoms with Gasteiger partial charge in [0.2, 0.25) is 0 Å². The van der Waals surface area contributed by atoms with E-state index in [0.29, 0.717) is 0 Å². The zero-order valence-electron chi connectivity index (χ0n) is 11.9. The van der Waals surface area contributed by atoms with E-state index in [1.54, 1.807) is 18.6 Å². The third kappa shape index (κ3) is 2.91. The number of oxazole rings is 1. The molecule has 0 bridgehead atoms. The van der Waals surface area contributed by atoms with Crippen LogP contribution >= 0.6 is 0 Å². The molecule has 106 valence electrons. The Kier molecular flexibility index (Phi) is 3.64. The molecule has 1 unspecified atom stereocenters. The lowest BCUT2D eigenvalue weighted by atomic mass is 10.1. The molecule has 0 amide bonds. The van der Waals surface area contributed by atoms with Crippen molar-refractivity contribution in [2.75, 3.05) is 5.32 Å². The van der Waals surface area contributed by atoms with Gasteiger partial charge in [0.05, 0.1) is 23.6 Å². The molecule has 1 atom stereocenters. The van der Waals surface area contributed by atoms with E-state index in [1.165, 1.54) is 6.39 Å². The quantitative estimate of drug-likeness (QED) is 0.790. The van der Waals surface area contributed by atoms with Crippen molar-refractivity contribution in [3.05, 3.63) is 60.6 Å². The SMILES string of the molecule is Cc1nccnc1C(C)Nc1ccc(-c2cnco2)cc1. The van der Waals surface area contributed by atoms with Crippen molar-refractivity contribution in [2.24, 2.45) is 0 Å². The zero-order valence-corrected chi connectivity index (χ0v) is 11.9. The predicted octanol–water partition coefficient (Wildman–Crippen LogP) is 3.61. The lowest BCUT2D eigenvalue weighted by Crippen LogP contribution is -2.10. The highest BCUT2D eigenvalue weighted by atomic mass is 16.3. The molecule has 0 fully saturated rings. The van der Waals surface area contributed by atoms with Crippen LogP contribution in [0.5, 0.6) is 0 Å². The summed E-state index contributed by atoms with van der Waals surface area (Å²) in [6.07, 6.45) is 6.56. The number of benzene rings is 1. The first-order valence-electron chi connectivity index (χ1n) is 6.77. The predicted molar refractivity (Wildman–Crippen MR) is 80.7 cm³/mol. The van der Waals surface area contributed by atoms with Gasteiger partial charge >= 0.3 is 0 Å². The van der Waals surface area contributed by atoms with Crippen LogP contribution in [0.15, 0.2) is 53.7 Å². The van der Waals surface area contributed by atoms with Crippen LogP contribution in [0, 0.1) is 6.92 Å². The van der Waals surface area contributed by atoms with E-state index in [0.717, 1.165) is 28.4 Å². The Morgan fingerprint density at radius 3 is 2.52 bits per heavy atom. The third-order valence-corrected chi connectivity index (χ3v) is 3.31. The molecule has 2 heterocycles. The molecule has 0 saturated carbocycles. The molecule has 21 heavy (non-hydrogen) atoms. The molecule has 3 aromatic rings. The minimum atomic E-state index is 0.0924. The van der Waals surface area contributed by atoms with E-state index in [-0.39, 0.29) is 6.04 Å². The van der Waals surface area contributed by atoms with Gasteiger partial charge in [-0.2, -0.15) is 0 Å². The fraction of sp³-hybridized carbons (Fsp3) is 0.188. The largest absolute Gasteiger partial charge is 0.444 e. The minimum absolute atomic E-state index is 0.0924. The van der Waals surface area contributed by atoms with E-state index >= 15 is 0 Å². The van der Waals surface area contributed by atoms with E-state index in [4.69, 9.17) is 4.42 Å². The molecule has 0 saturated heterocycles. The van der Waals surface area contributed by atoms with E-state index < -0.39 is 0 Å². The average Bonchev–Trinajstić information content (AvgIpc) is 3.02. The zero-order chi connectivity index (χ0) is 14.7. The molecule has 0 aliphatic rings. The molecular formula is C16H16N4O. The number of nitrogens with one attached hydrogen (secondary N) is 1. The number of hydrogen-bond acceptors (Lipinski definition) is 5. The number of nitrogens with zero attached hydrogens (tertiary/aromatic N) is 3. The minimum Gasteiger partial charge on any atom is -0.444 e. The van der Waals surface area contributed by atoms with Crippen molar-refractivity contribution in [3.8, 4) is 11.3 Å². The summed E-state index contributed by atoms with van der Waals surface area (Å²) in [4.78, 5) is 12.6. The lowest BCUT2D eigenvalue weighted by Gasteiger charge is -2.16. The summed E-state index contributed by atoms with van der Waals surface area (Å²) >= 11 is 0. The number of anilines is 1. The Bertz CT molecular complexity index is 707. The van der Waals surface area contributed by atoms with Crippen LogP contribution in [-0.2, 0) is 0 Å². The Balaban J connectivity index is 1.75. The standard InChI is InChI=1S/C16H16N4O/c1-11-16(19-8-7-18-11)12(2)20-14-5-3-13(4-6-14)15-9-17-10-21-15/h3-10,12,20H,1-2H3. The van der Waals surface area contributed by atoms with Crippen molar-refractivity contribution in [3.63, 3.8) is 0 Å². The lowest BCUT2D eigenvalue weighted by molar-refractivity contribution is 0.572. The highest BCUT2D eigenvalue weighted by Crippen LogP contribution is 2.23. The first kappa shape index (κ1) is 13.3. The number of rotatable bonds is 4. The molecular weight excluding hydrogens is 264 g/mol. The maximum Gasteiger partial charge on any atom is 0.181 e. The molecule has 0 aliphatic heterocycles. The van der Waals surface area contributed by atoms with Gasteiger partial charge in [0.25, 0.3) is 0 Å². The molecule has 0 spiro atoms. The molecule has 1 N–H and O–H groups in total. The van der Waals surface area contributed by atoms with Gasteiger partial charge in [-0.15, -0.1) is 0 Å². The second-order valence-electron chi connectivity index (χ2n) is 4.84. The van der Waals surface area contributed by atoms with Crippen LogP contribution in [0.1, 0.15) is 24.4 Å². The molecule has 3 rings (SSSR count). The normalized spacial score (nSPS) is 12.1. The van der Waals surface area contributed by atoms with Crippen molar-refractivity contribution in [2.45, 2.75) is 19.9 Å². The molecule has 5 heteroatoms. The highest BCUT2D eigenvalue weighted by Gasteiger charge is 2.10. The number of hydrogen-bond donors (Lipinski definition) is 1. The first-order chi connectivity index (χ1) is 10.2. The van der Waals surface area contributed by atoms with Crippen molar-refractivity contribution < 1.29 is 4.42 Å². The van der Waals surface area contributed by atoms with Gasteiger partial charge < -0.3 is 9.73 Å². The second-order valence-corrected chi connectivity index (χ2v) is 4.84. The number of aryl methyl sites for hydroxylation is 1. The molecule has 1 aromatic carbocycles. The van der Waals surface area contributed by atoms with E-state index in [2.05, 4.69) is 27.2 Å². The van der Waals surface area contributed by atoms with Crippen molar-refractivity contribution in [1.29, 1.82) is 0 Å². The smallest absolute Gasteiger partial charge is 0.181 e. The summed E-state index contributed by atoms with van der Waals surface area (Å²) in [7, 11) is 0. The van der Waals surface area contributed by atoms with Gasteiger partial charge in [0, 0.05) is 23.6 Å². The van der Waals surface area contributed by atoms with Crippen LogP contribution in [-0.4, -0.2) is 15.0 Å². The molecule has 0 aliphatic carbocycles. The Hall–Kier alpha value is -2.69. The summed E-state index contributed by atoms with van der Waals surface area (Å²) in [6.45, 7) is 4.04. The molecule has 2 aromatic heterocycles. The monoisotopic (exact) mass is 280 g/mol. The van der Waals surface area contributed by atoms with Crippen LogP contribution < -0.4 is 5.32 Å². The Labute approximate surface area is 123 Å². The maximum atomic E-state index is 5.28. The van der Waals surface area contributed by atoms with E-state index in [9.17, 15) is 0 Å². The van der Waals surface area contributed by atoms with Crippen molar-refractivity contribution >= 4 is 5.69 Å². The summed E-state index contributed by atoms with van der Waals surface area (Å²) < 4.78 is 5.28. The topological polar surface area (TPSA) is 63.8 Å². The van der Waals surface area contributed by atoms with Gasteiger partial charge in [-0.3, -0.25) is 9.97 Å². The van der Waals surface area contributed by atoms with Gasteiger partial charge in [-0.05, 0) is 38.1 Å². The Morgan fingerprint density at radius 2 is 1.86 bits per heavy atom.